The number of allylic oxidation sites excluding steroid dienone is 1. The van der Waals surface area contributed by atoms with Crippen LogP contribution in [0.5, 0.6) is 5.75 Å². The van der Waals surface area contributed by atoms with Gasteiger partial charge in [-0.15, -0.1) is 0 Å². The normalized spacial score (nSPS) is 13.6. The first-order valence-corrected chi connectivity index (χ1v) is 14.5. The molecule has 0 spiro atoms. The first-order valence-electron chi connectivity index (χ1n) is 14.5. The number of carbonyl (C=O) groups excluding carboxylic acids is 2. The van der Waals surface area contributed by atoms with Crippen molar-refractivity contribution in [3.63, 3.8) is 0 Å². The number of carboxylic acid groups (broad SMARTS) is 1. The molecule has 0 saturated heterocycles. The van der Waals surface area contributed by atoms with Gasteiger partial charge in [-0.05, 0) is 56.2 Å². The van der Waals surface area contributed by atoms with Gasteiger partial charge in [0.15, 0.2) is 5.60 Å². The average Bonchev–Trinajstić information content (AvgIpc) is 2.91. The van der Waals surface area contributed by atoms with Crippen LogP contribution in [0.4, 0.5) is 0 Å². The number of rotatable bonds is 23. The van der Waals surface area contributed by atoms with E-state index in [2.05, 4.69) is 12.2 Å². The van der Waals surface area contributed by atoms with E-state index in [1.807, 2.05) is 31.2 Å². The van der Waals surface area contributed by atoms with Crippen molar-refractivity contribution >= 4 is 17.7 Å². The summed E-state index contributed by atoms with van der Waals surface area (Å²) >= 11 is 0. The number of aliphatic hydroxyl groups is 1. The minimum absolute atomic E-state index is 0.339. The summed E-state index contributed by atoms with van der Waals surface area (Å²) in [4.78, 5) is 36.2. The third-order valence-electron chi connectivity index (χ3n) is 6.54. The van der Waals surface area contributed by atoms with Crippen LogP contribution in [0.1, 0.15) is 103 Å². The number of amides is 1. The summed E-state index contributed by atoms with van der Waals surface area (Å²) in [6.45, 7) is 12.0. The van der Waals surface area contributed by atoms with Gasteiger partial charge < -0.3 is 20.3 Å². The number of hydrogen-bond acceptors (Lipinski definition) is 5. The van der Waals surface area contributed by atoms with E-state index in [-0.39, 0.29) is 0 Å². The van der Waals surface area contributed by atoms with E-state index in [0.29, 0.717) is 38.1 Å². The van der Waals surface area contributed by atoms with Crippen molar-refractivity contribution in [2.24, 2.45) is 5.92 Å². The van der Waals surface area contributed by atoms with Crippen LogP contribution >= 0.6 is 0 Å². The van der Waals surface area contributed by atoms with Crippen LogP contribution < -0.4 is 10.1 Å². The zero-order valence-electron chi connectivity index (χ0n) is 23.8. The lowest BCUT2D eigenvalue weighted by atomic mass is 9.87. The molecular formula is C32H48NO6. The van der Waals surface area contributed by atoms with Gasteiger partial charge in [-0.25, -0.2) is 4.79 Å². The van der Waals surface area contributed by atoms with Crippen molar-refractivity contribution in [1.29, 1.82) is 0 Å². The summed E-state index contributed by atoms with van der Waals surface area (Å²) in [6, 6.07) is 7.46. The molecule has 39 heavy (non-hydrogen) atoms. The Kier molecular flexibility index (Phi) is 17.9. The van der Waals surface area contributed by atoms with Crippen LogP contribution in [0.15, 0.2) is 36.4 Å². The van der Waals surface area contributed by atoms with Gasteiger partial charge in [0.05, 0.1) is 19.1 Å². The molecule has 1 aromatic carbocycles. The molecule has 0 aliphatic carbocycles. The second-order valence-electron chi connectivity index (χ2n) is 10.1. The van der Waals surface area contributed by atoms with Gasteiger partial charge in [0.25, 0.3) is 0 Å². The molecular weight excluding hydrogens is 494 g/mol. The highest BCUT2D eigenvalue weighted by Crippen LogP contribution is 2.21. The molecule has 0 heterocycles. The molecule has 7 heteroatoms. The van der Waals surface area contributed by atoms with Gasteiger partial charge in [-0.3, -0.25) is 9.59 Å². The Morgan fingerprint density at radius 2 is 1.56 bits per heavy atom. The zero-order valence-corrected chi connectivity index (χ0v) is 23.8. The molecule has 217 valence electrons. The Morgan fingerprint density at radius 3 is 2.15 bits per heavy atom. The van der Waals surface area contributed by atoms with Crippen molar-refractivity contribution < 1.29 is 29.3 Å². The van der Waals surface area contributed by atoms with Crippen LogP contribution in [0.2, 0.25) is 0 Å². The Labute approximate surface area is 235 Å². The fourth-order valence-electron chi connectivity index (χ4n) is 4.09. The van der Waals surface area contributed by atoms with E-state index in [9.17, 15) is 24.6 Å². The van der Waals surface area contributed by atoms with Gasteiger partial charge in [0.1, 0.15) is 11.5 Å². The van der Waals surface area contributed by atoms with Gasteiger partial charge in [-0.1, -0.05) is 76.7 Å². The first kappa shape index (κ1) is 34.4. The first-order chi connectivity index (χ1) is 18.7. The number of unbranched alkanes of at least 4 members (excludes halogenated alkanes) is 8. The number of benzene rings is 1. The highest BCUT2D eigenvalue weighted by atomic mass is 16.5. The number of Topliss-reactive ketones (excluding diaryl/α,β-unsaturated/α-hetero) is 1. The highest BCUT2D eigenvalue weighted by Gasteiger charge is 2.42. The number of hydrogen-bond donors (Lipinski definition) is 3. The van der Waals surface area contributed by atoms with E-state index in [4.69, 9.17) is 11.7 Å². The van der Waals surface area contributed by atoms with E-state index in [0.717, 1.165) is 56.3 Å². The largest absolute Gasteiger partial charge is 0.494 e. The molecule has 3 radical (unpaired) electrons. The summed E-state index contributed by atoms with van der Waals surface area (Å²) in [5, 5.41) is 22.2. The number of carboxylic acids is 1. The second-order valence-corrected chi connectivity index (χ2v) is 10.1. The number of nitrogens with one attached hydrogen (secondary N) is 1. The molecule has 7 nitrogen and oxygen atoms in total. The third kappa shape index (κ3) is 14.9. The SMILES string of the molecule is [CH][C@@](O)(C(=O)O)[C@H](/C=C/CCCCCCC(=O)CCCCCCC)C(=O)N[CH]Cc1ccc(OCCC)cc1. The molecule has 0 aromatic heterocycles. The smallest absolute Gasteiger partial charge is 0.337 e. The molecule has 0 aliphatic rings. The van der Waals surface area contributed by atoms with E-state index in [1.54, 1.807) is 6.08 Å². The van der Waals surface area contributed by atoms with E-state index in [1.165, 1.54) is 31.9 Å². The zero-order chi connectivity index (χ0) is 28.9. The fourth-order valence-corrected chi connectivity index (χ4v) is 4.09. The Morgan fingerprint density at radius 1 is 0.949 bits per heavy atom. The minimum atomic E-state index is -2.73. The predicted octanol–water partition coefficient (Wildman–Crippen LogP) is 6.27. The molecule has 0 bridgehead atoms. The molecule has 0 unspecified atom stereocenters. The maximum Gasteiger partial charge on any atom is 0.337 e. The monoisotopic (exact) mass is 542 g/mol. The maximum atomic E-state index is 12.7. The Hall–Kier alpha value is -2.67. The minimum Gasteiger partial charge on any atom is -0.494 e. The molecule has 3 N–H and O–H groups in total. The van der Waals surface area contributed by atoms with E-state index < -0.39 is 23.4 Å². The van der Waals surface area contributed by atoms with Gasteiger partial charge in [0.2, 0.25) is 5.91 Å². The number of carbonyl (C=O) groups is 3. The summed E-state index contributed by atoms with van der Waals surface area (Å²) < 4.78 is 5.55. The summed E-state index contributed by atoms with van der Waals surface area (Å²) in [6.07, 6.45) is 15.6. The average molecular weight is 543 g/mol. The fraction of sp³-hybridized carbons (Fsp3) is 0.594. The lowest BCUT2D eigenvalue weighted by Crippen LogP contribution is -2.49. The molecule has 1 aromatic rings. The summed E-state index contributed by atoms with van der Waals surface area (Å²) in [5.41, 5.74) is -1.80. The van der Waals surface area contributed by atoms with Gasteiger partial charge >= 0.3 is 5.97 Å². The Bertz CT molecular complexity index is 862. The van der Waals surface area contributed by atoms with Crippen LogP contribution in [0.25, 0.3) is 0 Å². The van der Waals surface area contributed by atoms with Crippen molar-refractivity contribution in [2.75, 3.05) is 6.61 Å². The maximum absolute atomic E-state index is 12.7. The van der Waals surface area contributed by atoms with Crippen LogP contribution in [-0.2, 0) is 20.8 Å². The number of ketones is 1. The molecule has 0 aliphatic heterocycles. The lowest BCUT2D eigenvalue weighted by molar-refractivity contribution is -0.160. The van der Waals surface area contributed by atoms with Gasteiger partial charge in [0, 0.05) is 19.8 Å². The number of ether oxygens (including phenoxy) is 1. The number of aliphatic carboxylic acids is 1. The topological polar surface area (TPSA) is 113 Å². The quantitative estimate of drug-likeness (QED) is 0.111. The second kappa shape index (κ2) is 20.3. The molecule has 1 rings (SSSR count). The molecule has 0 saturated carbocycles. The van der Waals surface area contributed by atoms with Crippen LogP contribution in [-0.4, -0.2) is 40.1 Å². The standard InChI is InChI=1S/C32H48NO6/c1-4-6-7-10-13-16-27(34)17-14-11-8-9-12-15-18-29(32(3,38)31(36)37)30(35)33-24-23-26-19-21-28(22-20-26)39-25-5-2/h3,15,18-22,24,29,38H,4-14,16-17,23,25H2,1-2H3,(H,33,35)(H,36,37)/b18-15+/t29-,32+/m1/s1. The Balaban J connectivity index is 2.40. The van der Waals surface area contributed by atoms with Crippen molar-refractivity contribution in [1.82, 2.24) is 5.32 Å². The third-order valence-corrected chi connectivity index (χ3v) is 6.54. The van der Waals surface area contributed by atoms with Crippen molar-refractivity contribution in [3.8, 4) is 5.75 Å². The van der Waals surface area contributed by atoms with Crippen LogP contribution in [0, 0.1) is 19.4 Å². The van der Waals surface area contributed by atoms with E-state index >= 15 is 0 Å². The predicted molar refractivity (Wildman–Crippen MR) is 154 cm³/mol. The summed E-state index contributed by atoms with van der Waals surface area (Å²) in [5.74, 6) is -2.72. The van der Waals surface area contributed by atoms with Crippen molar-refractivity contribution in [3.05, 3.63) is 55.4 Å². The van der Waals surface area contributed by atoms with Crippen molar-refractivity contribution in [2.45, 2.75) is 109 Å². The molecule has 1 amide bonds. The lowest BCUT2D eigenvalue weighted by Gasteiger charge is -2.25. The molecule has 0 fully saturated rings. The summed E-state index contributed by atoms with van der Waals surface area (Å²) in [7, 11) is 0. The van der Waals surface area contributed by atoms with Gasteiger partial charge in [-0.2, -0.15) is 0 Å². The van der Waals surface area contributed by atoms with Crippen LogP contribution in [0.3, 0.4) is 0 Å². The highest BCUT2D eigenvalue weighted by molar-refractivity contribution is 5.91. The molecule has 2 atom stereocenters.